The van der Waals surface area contributed by atoms with Gasteiger partial charge >= 0.3 is 6.03 Å². The number of aliphatic imine (C=N–C) groups is 1. The Morgan fingerprint density at radius 2 is 1.80 bits per heavy atom. The fraction of sp³-hybridized carbons (Fsp3) is 0.348. The van der Waals surface area contributed by atoms with Crippen molar-refractivity contribution in [2.75, 3.05) is 18.4 Å². The third kappa shape index (κ3) is 5.37. The Hall–Kier alpha value is -3.35. The Kier molecular flexibility index (Phi) is 6.72. The molecule has 1 saturated heterocycles. The van der Waals surface area contributed by atoms with Crippen molar-refractivity contribution >= 4 is 23.6 Å². The van der Waals surface area contributed by atoms with Gasteiger partial charge in [0.05, 0.1) is 0 Å². The summed E-state index contributed by atoms with van der Waals surface area (Å²) in [5, 5.41) is 2.98. The van der Waals surface area contributed by atoms with Crippen LogP contribution in [-0.2, 0) is 10.2 Å². The molecule has 1 fully saturated rings. The molecule has 1 aliphatic rings. The van der Waals surface area contributed by atoms with Crippen molar-refractivity contribution in [3.8, 4) is 0 Å². The zero-order valence-corrected chi connectivity index (χ0v) is 17.3. The molecular formula is C23H29N5O2. The Labute approximate surface area is 177 Å². The first-order chi connectivity index (χ1) is 14.4. The van der Waals surface area contributed by atoms with E-state index in [0.717, 1.165) is 29.7 Å². The molecule has 5 N–H and O–H groups in total. The van der Waals surface area contributed by atoms with Crippen molar-refractivity contribution in [2.24, 2.45) is 16.5 Å². The maximum absolute atomic E-state index is 12.9. The number of amides is 3. The first kappa shape index (κ1) is 21.4. The van der Waals surface area contributed by atoms with Crippen molar-refractivity contribution < 1.29 is 9.59 Å². The summed E-state index contributed by atoms with van der Waals surface area (Å²) in [6.07, 6.45) is 2.54. The lowest BCUT2D eigenvalue weighted by atomic mass is 9.71. The third-order valence-electron chi connectivity index (χ3n) is 5.62. The largest absolute Gasteiger partial charge is 0.370 e. The number of hydrogen-bond donors (Lipinski definition) is 3. The summed E-state index contributed by atoms with van der Waals surface area (Å²) >= 11 is 0. The second kappa shape index (κ2) is 9.43. The Morgan fingerprint density at radius 1 is 1.10 bits per heavy atom. The van der Waals surface area contributed by atoms with Gasteiger partial charge in [-0.2, -0.15) is 4.99 Å². The predicted molar refractivity (Wildman–Crippen MR) is 119 cm³/mol. The molecule has 0 aromatic heterocycles. The van der Waals surface area contributed by atoms with Crippen LogP contribution in [0.3, 0.4) is 0 Å². The topological polar surface area (TPSA) is 114 Å². The number of aryl methyl sites for hydroxylation is 1. The molecule has 0 bridgehead atoms. The van der Waals surface area contributed by atoms with Crippen molar-refractivity contribution in [1.29, 1.82) is 0 Å². The van der Waals surface area contributed by atoms with Crippen LogP contribution < -0.4 is 16.8 Å². The van der Waals surface area contributed by atoms with E-state index in [9.17, 15) is 9.59 Å². The van der Waals surface area contributed by atoms with Crippen LogP contribution in [0, 0.1) is 6.92 Å². The average Bonchev–Trinajstić information content (AvgIpc) is 2.74. The number of likely N-dealkylation sites (tertiary alicyclic amines) is 1. The number of nitrogens with zero attached hydrogens (tertiary/aromatic N) is 2. The van der Waals surface area contributed by atoms with Gasteiger partial charge in [-0.3, -0.25) is 4.79 Å². The monoisotopic (exact) mass is 407 g/mol. The molecule has 0 spiro atoms. The third-order valence-corrected chi connectivity index (χ3v) is 5.62. The van der Waals surface area contributed by atoms with E-state index in [-0.39, 0.29) is 29.7 Å². The van der Waals surface area contributed by atoms with Crippen LogP contribution in [0.1, 0.15) is 36.8 Å². The van der Waals surface area contributed by atoms with Crippen molar-refractivity contribution in [3.05, 3.63) is 65.7 Å². The molecule has 3 rings (SSSR count). The number of nitrogens with two attached hydrogens (primary N) is 2. The molecule has 0 radical (unpaired) electrons. The van der Waals surface area contributed by atoms with Crippen molar-refractivity contribution in [1.82, 2.24) is 4.90 Å². The molecule has 1 heterocycles. The smallest absolute Gasteiger partial charge is 0.321 e. The van der Waals surface area contributed by atoms with Crippen LogP contribution in [0.25, 0.3) is 0 Å². The standard InChI is InChI=1S/C23H29N5O2/c1-17-8-10-19(11-9-17)26-22(30)28-15-5-13-23(16-28,18-6-3-2-4-7-18)14-12-20(29)27-21(24)25/h2-4,6-11H,5,12-16H2,1H3,(H,26,30)(H4,24,25,27,29). The molecule has 2 aromatic rings. The van der Waals surface area contributed by atoms with E-state index in [2.05, 4.69) is 22.4 Å². The van der Waals surface area contributed by atoms with Gasteiger partial charge in [0, 0.05) is 30.6 Å². The fourth-order valence-electron chi connectivity index (χ4n) is 4.07. The van der Waals surface area contributed by atoms with Crippen LogP contribution in [0.2, 0.25) is 0 Å². The number of benzene rings is 2. The second-order valence-electron chi connectivity index (χ2n) is 7.90. The lowest BCUT2D eigenvalue weighted by Gasteiger charge is -2.43. The molecule has 158 valence electrons. The van der Waals surface area contributed by atoms with Crippen molar-refractivity contribution in [2.45, 2.75) is 38.0 Å². The SMILES string of the molecule is Cc1ccc(NC(=O)N2CCCC(CCC(=O)N=C(N)N)(c3ccccc3)C2)cc1. The summed E-state index contributed by atoms with van der Waals surface area (Å²) in [6.45, 7) is 3.21. The van der Waals surface area contributed by atoms with E-state index >= 15 is 0 Å². The van der Waals surface area contributed by atoms with E-state index in [1.807, 2.05) is 54.3 Å². The minimum Gasteiger partial charge on any atom is -0.370 e. The summed E-state index contributed by atoms with van der Waals surface area (Å²) < 4.78 is 0. The van der Waals surface area contributed by atoms with Gasteiger partial charge in [-0.1, -0.05) is 48.0 Å². The second-order valence-corrected chi connectivity index (χ2v) is 7.90. The van der Waals surface area contributed by atoms with Crippen molar-refractivity contribution in [3.63, 3.8) is 0 Å². The number of carbonyl (C=O) groups excluding carboxylic acids is 2. The molecule has 0 saturated carbocycles. The summed E-state index contributed by atoms with van der Waals surface area (Å²) in [4.78, 5) is 30.5. The maximum Gasteiger partial charge on any atom is 0.321 e. The summed E-state index contributed by atoms with van der Waals surface area (Å²) in [5.74, 6) is -0.567. The van der Waals surface area contributed by atoms with Gasteiger partial charge in [0.15, 0.2) is 5.96 Å². The molecule has 2 aromatic carbocycles. The van der Waals surface area contributed by atoms with E-state index in [1.54, 1.807) is 0 Å². The lowest BCUT2D eigenvalue weighted by Crippen LogP contribution is -2.50. The van der Waals surface area contributed by atoms with Gasteiger partial charge in [0.2, 0.25) is 5.91 Å². The zero-order chi connectivity index (χ0) is 21.6. The Morgan fingerprint density at radius 3 is 2.47 bits per heavy atom. The van der Waals surface area contributed by atoms with Gasteiger partial charge < -0.3 is 21.7 Å². The highest BCUT2D eigenvalue weighted by Crippen LogP contribution is 2.38. The first-order valence-electron chi connectivity index (χ1n) is 10.2. The number of rotatable bonds is 5. The van der Waals surface area contributed by atoms with Crippen LogP contribution in [0.4, 0.5) is 10.5 Å². The number of piperidine rings is 1. The Bertz CT molecular complexity index is 907. The minimum absolute atomic E-state index is 0.130. The first-order valence-corrected chi connectivity index (χ1v) is 10.2. The Balaban J connectivity index is 1.78. The highest BCUT2D eigenvalue weighted by molar-refractivity contribution is 5.91. The summed E-state index contributed by atoms with van der Waals surface area (Å²) in [6, 6.07) is 17.7. The molecule has 1 unspecified atom stereocenters. The molecule has 0 aliphatic carbocycles. The van der Waals surface area contributed by atoms with E-state index in [1.165, 1.54) is 0 Å². The zero-order valence-electron chi connectivity index (χ0n) is 17.3. The lowest BCUT2D eigenvalue weighted by molar-refractivity contribution is -0.118. The number of urea groups is 1. The van der Waals surface area contributed by atoms with Crippen LogP contribution in [-0.4, -0.2) is 35.9 Å². The van der Waals surface area contributed by atoms with Gasteiger partial charge in [-0.05, 0) is 43.9 Å². The number of hydrogen-bond acceptors (Lipinski definition) is 2. The van der Waals surface area contributed by atoms with Gasteiger partial charge in [-0.15, -0.1) is 0 Å². The molecule has 1 aliphatic heterocycles. The molecule has 1 atom stereocenters. The van der Waals surface area contributed by atoms with Gasteiger partial charge in [-0.25, -0.2) is 4.79 Å². The van der Waals surface area contributed by atoms with E-state index < -0.39 is 0 Å². The number of nitrogens with one attached hydrogen (secondary N) is 1. The van der Waals surface area contributed by atoms with Crippen LogP contribution in [0.5, 0.6) is 0 Å². The highest BCUT2D eigenvalue weighted by Gasteiger charge is 2.38. The normalized spacial score (nSPS) is 18.5. The maximum atomic E-state index is 12.9. The molecule has 3 amide bonds. The number of carbonyl (C=O) groups is 2. The van der Waals surface area contributed by atoms with Crippen LogP contribution in [0.15, 0.2) is 59.6 Å². The van der Waals surface area contributed by atoms with Gasteiger partial charge in [0.1, 0.15) is 0 Å². The summed E-state index contributed by atoms with van der Waals surface area (Å²) in [7, 11) is 0. The molecule has 30 heavy (non-hydrogen) atoms. The summed E-state index contributed by atoms with van der Waals surface area (Å²) in [5.41, 5.74) is 13.4. The number of guanidine groups is 1. The number of anilines is 1. The van der Waals surface area contributed by atoms with Gasteiger partial charge in [0.25, 0.3) is 0 Å². The highest BCUT2D eigenvalue weighted by atomic mass is 16.2. The molecular weight excluding hydrogens is 378 g/mol. The average molecular weight is 408 g/mol. The van der Waals surface area contributed by atoms with E-state index in [4.69, 9.17) is 11.5 Å². The minimum atomic E-state index is -0.341. The van der Waals surface area contributed by atoms with Crippen LogP contribution >= 0.6 is 0 Å². The van der Waals surface area contributed by atoms with E-state index in [0.29, 0.717) is 19.5 Å². The predicted octanol–water partition coefficient (Wildman–Crippen LogP) is 3.14. The fourth-order valence-corrected chi connectivity index (χ4v) is 4.07. The molecule has 7 heteroatoms. The quantitative estimate of drug-likeness (QED) is 0.522. The molecule has 7 nitrogen and oxygen atoms in total.